The highest BCUT2D eigenvalue weighted by Crippen LogP contribution is 2.40. The number of aromatic hydroxyl groups is 1. The van der Waals surface area contributed by atoms with Gasteiger partial charge in [-0.25, -0.2) is 19.4 Å². The monoisotopic (exact) mass is 592 g/mol. The number of hydrogen-bond acceptors (Lipinski definition) is 8. The predicted octanol–water partition coefficient (Wildman–Crippen LogP) is 5.44. The third kappa shape index (κ3) is 6.43. The van der Waals surface area contributed by atoms with E-state index in [1.807, 2.05) is 41.5 Å². The summed E-state index contributed by atoms with van der Waals surface area (Å²) in [5, 5.41) is 19.7. The molecule has 0 radical (unpaired) electrons. The van der Waals surface area contributed by atoms with Gasteiger partial charge in [0.15, 0.2) is 11.4 Å². The van der Waals surface area contributed by atoms with Gasteiger partial charge in [0, 0.05) is 35.9 Å². The van der Waals surface area contributed by atoms with Gasteiger partial charge < -0.3 is 14.7 Å². The minimum atomic E-state index is -5.37. The first-order chi connectivity index (χ1) is 19.1. The Morgan fingerprint density at radius 3 is 1.90 bits per heavy atom. The van der Waals surface area contributed by atoms with E-state index < -0.39 is 34.5 Å². The van der Waals surface area contributed by atoms with Crippen molar-refractivity contribution in [2.75, 3.05) is 13.7 Å². The van der Waals surface area contributed by atoms with Crippen molar-refractivity contribution >= 4 is 23.6 Å². The highest BCUT2D eigenvalue weighted by atomic mass is 19.4. The average molecular weight is 593 g/mol. The van der Waals surface area contributed by atoms with Crippen molar-refractivity contribution in [3.05, 3.63) is 63.7 Å². The zero-order chi connectivity index (χ0) is 32.0. The van der Waals surface area contributed by atoms with E-state index in [2.05, 4.69) is 9.78 Å². The van der Waals surface area contributed by atoms with Gasteiger partial charge in [0.05, 0.1) is 6.54 Å². The van der Waals surface area contributed by atoms with Gasteiger partial charge in [-0.3, -0.25) is 10.2 Å². The first-order valence-electron chi connectivity index (χ1n) is 13.0. The fourth-order valence-corrected chi connectivity index (χ4v) is 4.55. The number of amidine groups is 1. The number of ether oxygens (including phenoxy) is 1. The molecule has 2 aromatic carbocycles. The van der Waals surface area contributed by atoms with Crippen molar-refractivity contribution in [3.63, 3.8) is 0 Å². The fourth-order valence-electron chi connectivity index (χ4n) is 4.55. The molecule has 1 heterocycles. The Labute approximate surface area is 242 Å². The van der Waals surface area contributed by atoms with Crippen LogP contribution in [-0.4, -0.2) is 53.4 Å². The van der Waals surface area contributed by atoms with Gasteiger partial charge in [-0.15, -0.1) is 0 Å². The first kappa shape index (κ1) is 32.6. The summed E-state index contributed by atoms with van der Waals surface area (Å²) in [6.45, 7) is 12.9. The van der Waals surface area contributed by atoms with Crippen molar-refractivity contribution < 1.29 is 47.2 Å². The fraction of sp³-hybridized carbons (Fsp3) is 0.467. The second kappa shape index (κ2) is 11.0. The molecule has 2 N–H and O–H groups in total. The molecule has 1 aliphatic rings. The Hall–Kier alpha value is -3.93. The molecule has 1 atom stereocenters. The minimum Gasteiger partial charge on any atom is -0.507 e. The molecule has 1 unspecified atom stereocenters. The van der Waals surface area contributed by atoms with E-state index in [0.717, 1.165) is 7.11 Å². The Kier molecular flexibility index (Phi) is 8.57. The molecule has 0 spiro atoms. The first-order valence-corrected chi connectivity index (χ1v) is 13.0. The number of benzene rings is 2. The number of phenolic OH excluding ortho intramolecular Hbond substituents is 1. The van der Waals surface area contributed by atoms with Gasteiger partial charge >= 0.3 is 18.1 Å². The molecule has 0 aromatic heterocycles. The quantitative estimate of drug-likeness (QED) is 0.258. The van der Waals surface area contributed by atoms with Crippen molar-refractivity contribution in [2.45, 2.75) is 77.6 Å². The van der Waals surface area contributed by atoms with Gasteiger partial charge in [-0.1, -0.05) is 53.7 Å². The maximum Gasteiger partial charge on any atom is 0.495 e. The van der Waals surface area contributed by atoms with Crippen LogP contribution >= 0.6 is 0 Å². The zero-order valence-electron chi connectivity index (χ0n) is 24.8. The van der Waals surface area contributed by atoms with Crippen LogP contribution < -0.4 is 0 Å². The van der Waals surface area contributed by atoms with Crippen molar-refractivity contribution in [3.8, 4) is 5.75 Å². The van der Waals surface area contributed by atoms with E-state index in [1.165, 1.54) is 19.1 Å². The van der Waals surface area contributed by atoms with Crippen LogP contribution in [0.3, 0.4) is 0 Å². The number of alkyl halides is 3. The smallest absolute Gasteiger partial charge is 0.495 e. The van der Waals surface area contributed by atoms with E-state index in [-0.39, 0.29) is 36.0 Å². The molecule has 0 fully saturated rings. The Balaban J connectivity index is 1.86. The number of carbonyl (C=O) groups excluding carboxylic acids is 3. The lowest BCUT2D eigenvalue weighted by Gasteiger charge is -2.28. The molecular formula is C30H35F3N2O7. The van der Waals surface area contributed by atoms with Crippen molar-refractivity contribution in [1.82, 2.24) is 4.90 Å². The van der Waals surface area contributed by atoms with Crippen LogP contribution in [0, 0.1) is 5.41 Å². The van der Waals surface area contributed by atoms with E-state index in [9.17, 15) is 32.7 Å². The standard InChI is InChI=1S/C30H35F3N2O7/c1-27(2,3)20-11-17(12-21(23(20)37)28(4,5)6)22(36)15-35-14-16-9-10-18(13-19(16)24(35)34)29(7,40-8)25(38)41-42-26(39)30(31,32)33/h9-13,34,37H,14-15H2,1-8H3. The Bertz CT molecular complexity index is 1400. The van der Waals surface area contributed by atoms with Crippen molar-refractivity contribution in [1.29, 1.82) is 5.41 Å². The summed E-state index contributed by atoms with van der Waals surface area (Å²) in [4.78, 5) is 46.3. The molecule has 1 aliphatic heterocycles. The van der Waals surface area contributed by atoms with Crippen LogP contribution in [0.5, 0.6) is 5.75 Å². The third-order valence-corrected chi connectivity index (χ3v) is 7.20. The number of phenols is 1. The lowest BCUT2D eigenvalue weighted by atomic mass is 9.78. The number of nitrogens with one attached hydrogen (secondary N) is 1. The molecule has 228 valence electrons. The van der Waals surface area contributed by atoms with Crippen LogP contribution in [-0.2, 0) is 47.1 Å². The summed E-state index contributed by atoms with van der Waals surface area (Å²) in [7, 11) is 1.12. The number of hydrogen-bond donors (Lipinski definition) is 2. The van der Waals surface area contributed by atoms with Crippen LogP contribution in [0.2, 0.25) is 0 Å². The molecule has 42 heavy (non-hydrogen) atoms. The lowest BCUT2D eigenvalue weighted by molar-refractivity contribution is -0.294. The van der Waals surface area contributed by atoms with Gasteiger partial charge in [0.1, 0.15) is 11.6 Å². The summed E-state index contributed by atoms with van der Waals surface area (Å²) >= 11 is 0. The molecule has 0 amide bonds. The largest absolute Gasteiger partial charge is 0.507 e. The van der Waals surface area contributed by atoms with Gasteiger partial charge in [0.25, 0.3) is 0 Å². The van der Waals surface area contributed by atoms with E-state index in [1.54, 1.807) is 23.1 Å². The van der Waals surface area contributed by atoms with Crippen LogP contribution in [0.25, 0.3) is 0 Å². The van der Waals surface area contributed by atoms with Crippen LogP contribution in [0.15, 0.2) is 30.3 Å². The maximum atomic E-state index is 13.5. The molecule has 9 nitrogen and oxygen atoms in total. The van der Waals surface area contributed by atoms with E-state index in [4.69, 9.17) is 10.1 Å². The summed E-state index contributed by atoms with van der Waals surface area (Å²) in [6, 6.07) is 7.87. The molecule has 0 bridgehead atoms. The average Bonchev–Trinajstić information content (AvgIpc) is 3.18. The number of fused-ring (bicyclic) bond motifs is 1. The van der Waals surface area contributed by atoms with Crippen LogP contribution in [0.1, 0.15) is 86.6 Å². The summed E-state index contributed by atoms with van der Waals surface area (Å²) in [5.74, 6) is -4.26. The van der Waals surface area contributed by atoms with E-state index >= 15 is 0 Å². The highest BCUT2D eigenvalue weighted by Gasteiger charge is 2.45. The maximum absolute atomic E-state index is 13.5. The minimum absolute atomic E-state index is 0.0126. The van der Waals surface area contributed by atoms with Gasteiger partial charge in [-0.05, 0) is 47.1 Å². The number of halogens is 3. The number of rotatable bonds is 6. The number of carbonyl (C=O) groups is 3. The Morgan fingerprint density at radius 1 is 0.905 bits per heavy atom. The second-order valence-electron chi connectivity index (χ2n) is 12.4. The topological polar surface area (TPSA) is 126 Å². The van der Waals surface area contributed by atoms with Crippen LogP contribution in [0.4, 0.5) is 13.2 Å². The number of Topliss-reactive ketones (excluding diaryl/α,β-unsaturated/α-hetero) is 1. The lowest BCUT2D eigenvalue weighted by Crippen LogP contribution is -2.38. The molecule has 0 saturated heterocycles. The summed E-state index contributed by atoms with van der Waals surface area (Å²) in [6.07, 6.45) is -5.37. The number of methoxy groups -OCH3 is 1. The highest BCUT2D eigenvalue weighted by molar-refractivity contribution is 6.05. The van der Waals surface area contributed by atoms with Gasteiger partial charge in [-0.2, -0.15) is 13.2 Å². The number of ketones is 1. The van der Waals surface area contributed by atoms with E-state index in [0.29, 0.717) is 27.8 Å². The molecule has 0 aliphatic carbocycles. The van der Waals surface area contributed by atoms with Gasteiger partial charge in [0.2, 0.25) is 0 Å². The molecule has 0 saturated carbocycles. The normalized spacial score (nSPS) is 15.2. The predicted molar refractivity (Wildman–Crippen MR) is 146 cm³/mol. The SMILES string of the molecule is COC(C)(C(=O)OOC(=O)C(F)(F)F)c1ccc2c(c1)C(=N)N(CC(=O)c1cc(C(C)(C)C)c(O)c(C(C)(C)C)c1)C2. The second-order valence-corrected chi connectivity index (χ2v) is 12.4. The number of nitrogens with zero attached hydrogens (tertiary/aromatic N) is 1. The summed E-state index contributed by atoms with van der Waals surface area (Å²) < 4.78 is 42.5. The third-order valence-electron chi connectivity index (χ3n) is 7.20. The molecule has 3 rings (SSSR count). The molecule has 2 aromatic rings. The zero-order valence-corrected chi connectivity index (χ0v) is 24.8. The summed E-state index contributed by atoms with van der Waals surface area (Å²) in [5.41, 5.74) is -0.0232. The Morgan fingerprint density at radius 2 is 1.43 bits per heavy atom. The molecule has 12 heteroatoms. The van der Waals surface area contributed by atoms with Crippen molar-refractivity contribution in [2.24, 2.45) is 0 Å². The molecular weight excluding hydrogens is 557 g/mol.